The molecule has 7 heteroatoms. The van der Waals surface area contributed by atoms with Crippen LogP contribution in [-0.4, -0.2) is 40.7 Å². The fourth-order valence-electron chi connectivity index (χ4n) is 1.75. The summed E-state index contributed by atoms with van der Waals surface area (Å²) in [5, 5.41) is 11.8. The number of nitrogens with zero attached hydrogens (tertiary/aromatic N) is 2. The predicted octanol–water partition coefficient (Wildman–Crippen LogP) is 1.96. The molecular formula is C14H21N3O4. The monoisotopic (exact) mass is 295 g/mol. The number of ether oxygens (including phenoxy) is 1. The van der Waals surface area contributed by atoms with Gasteiger partial charge in [0.15, 0.2) is 5.69 Å². The van der Waals surface area contributed by atoms with Crippen molar-refractivity contribution in [2.24, 2.45) is 5.41 Å². The lowest BCUT2D eigenvalue weighted by Gasteiger charge is -2.23. The van der Waals surface area contributed by atoms with Crippen LogP contribution in [0.15, 0.2) is 12.4 Å². The summed E-state index contributed by atoms with van der Waals surface area (Å²) in [6, 6.07) is 0. The average molecular weight is 295 g/mol. The van der Waals surface area contributed by atoms with Crippen LogP contribution in [0.1, 0.15) is 43.6 Å². The van der Waals surface area contributed by atoms with E-state index < -0.39 is 11.9 Å². The number of nitrogens with one attached hydrogen (secondary N) is 1. The second-order valence-electron chi connectivity index (χ2n) is 5.52. The molecule has 1 rings (SSSR count). The van der Waals surface area contributed by atoms with E-state index in [2.05, 4.69) is 20.0 Å². The van der Waals surface area contributed by atoms with Gasteiger partial charge in [0.25, 0.3) is 0 Å². The number of carboxylic acids is 1. The standard InChI is InChI=1S/C14H21N3O4/c1-14(2,5-4-12(18)19)6-7-16-11-9-15-8-10(17-11)13(20)21-3/h8-9H,4-7H2,1-3H3,(H,16,17)(H,18,19). The van der Waals surface area contributed by atoms with E-state index in [1.54, 1.807) is 0 Å². The molecule has 0 aromatic carbocycles. The highest BCUT2D eigenvalue weighted by atomic mass is 16.5. The van der Waals surface area contributed by atoms with Gasteiger partial charge in [-0.15, -0.1) is 0 Å². The van der Waals surface area contributed by atoms with Crippen LogP contribution in [0.25, 0.3) is 0 Å². The van der Waals surface area contributed by atoms with E-state index in [9.17, 15) is 9.59 Å². The molecule has 0 atom stereocenters. The summed E-state index contributed by atoms with van der Waals surface area (Å²) in [4.78, 5) is 30.0. The van der Waals surface area contributed by atoms with Crippen molar-refractivity contribution >= 4 is 17.8 Å². The largest absolute Gasteiger partial charge is 0.481 e. The Morgan fingerprint density at radius 1 is 1.33 bits per heavy atom. The highest BCUT2D eigenvalue weighted by molar-refractivity contribution is 5.87. The van der Waals surface area contributed by atoms with Gasteiger partial charge in [0.2, 0.25) is 0 Å². The first kappa shape index (κ1) is 16.9. The maximum Gasteiger partial charge on any atom is 0.358 e. The zero-order valence-corrected chi connectivity index (χ0v) is 12.5. The lowest BCUT2D eigenvalue weighted by molar-refractivity contribution is -0.137. The fourth-order valence-corrected chi connectivity index (χ4v) is 1.75. The van der Waals surface area contributed by atoms with Crippen molar-refractivity contribution in [3.8, 4) is 0 Å². The second kappa shape index (κ2) is 7.56. The second-order valence-corrected chi connectivity index (χ2v) is 5.52. The summed E-state index contributed by atoms with van der Waals surface area (Å²) in [6.07, 6.45) is 4.41. The summed E-state index contributed by atoms with van der Waals surface area (Å²) in [6.45, 7) is 4.66. The van der Waals surface area contributed by atoms with Gasteiger partial charge in [-0.2, -0.15) is 0 Å². The minimum Gasteiger partial charge on any atom is -0.481 e. The summed E-state index contributed by atoms with van der Waals surface area (Å²) >= 11 is 0. The number of esters is 1. The fraction of sp³-hybridized carbons (Fsp3) is 0.571. The molecule has 0 saturated carbocycles. The van der Waals surface area contributed by atoms with Crippen LogP contribution < -0.4 is 5.32 Å². The maximum atomic E-state index is 11.3. The number of carbonyl (C=O) groups excluding carboxylic acids is 1. The van der Waals surface area contributed by atoms with Crippen LogP contribution in [0, 0.1) is 5.41 Å². The molecule has 0 bridgehead atoms. The molecule has 0 aliphatic rings. The molecule has 0 aliphatic heterocycles. The Hall–Kier alpha value is -2.18. The van der Waals surface area contributed by atoms with Gasteiger partial charge in [0, 0.05) is 13.0 Å². The van der Waals surface area contributed by atoms with Gasteiger partial charge in [-0.05, 0) is 18.3 Å². The number of aromatic nitrogens is 2. The van der Waals surface area contributed by atoms with Crippen molar-refractivity contribution in [3.05, 3.63) is 18.1 Å². The molecule has 7 nitrogen and oxygen atoms in total. The van der Waals surface area contributed by atoms with Gasteiger partial charge in [0.1, 0.15) is 5.82 Å². The van der Waals surface area contributed by atoms with Crippen LogP contribution in [0.2, 0.25) is 0 Å². The average Bonchev–Trinajstić information content (AvgIpc) is 2.44. The van der Waals surface area contributed by atoms with Crippen molar-refractivity contribution in [2.45, 2.75) is 33.1 Å². The third-order valence-corrected chi connectivity index (χ3v) is 3.15. The molecule has 0 amide bonds. The van der Waals surface area contributed by atoms with Crippen molar-refractivity contribution in [1.82, 2.24) is 9.97 Å². The van der Waals surface area contributed by atoms with Crippen LogP contribution in [0.5, 0.6) is 0 Å². The number of hydrogen-bond donors (Lipinski definition) is 2. The molecule has 21 heavy (non-hydrogen) atoms. The van der Waals surface area contributed by atoms with Crippen LogP contribution in [0.4, 0.5) is 5.82 Å². The van der Waals surface area contributed by atoms with Gasteiger partial charge in [0.05, 0.1) is 19.5 Å². The molecule has 0 saturated heterocycles. The summed E-state index contributed by atoms with van der Waals surface area (Å²) in [7, 11) is 1.29. The van der Waals surface area contributed by atoms with Crippen molar-refractivity contribution in [2.75, 3.05) is 19.0 Å². The summed E-state index contributed by atoms with van der Waals surface area (Å²) in [5.74, 6) is -0.826. The van der Waals surface area contributed by atoms with E-state index in [1.807, 2.05) is 13.8 Å². The number of carboxylic acid groups (broad SMARTS) is 1. The predicted molar refractivity (Wildman–Crippen MR) is 77.1 cm³/mol. The molecule has 1 aromatic rings. The number of anilines is 1. The normalized spacial score (nSPS) is 11.0. The quantitative estimate of drug-likeness (QED) is 0.707. The molecule has 2 N–H and O–H groups in total. The highest BCUT2D eigenvalue weighted by Crippen LogP contribution is 2.26. The zero-order valence-electron chi connectivity index (χ0n) is 12.5. The van der Waals surface area contributed by atoms with E-state index in [0.29, 0.717) is 18.8 Å². The Balaban J connectivity index is 2.48. The Morgan fingerprint density at radius 3 is 2.67 bits per heavy atom. The van der Waals surface area contributed by atoms with Crippen LogP contribution in [0.3, 0.4) is 0 Å². The van der Waals surface area contributed by atoms with Gasteiger partial charge in [-0.3, -0.25) is 9.78 Å². The van der Waals surface area contributed by atoms with Gasteiger partial charge >= 0.3 is 11.9 Å². The summed E-state index contributed by atoms with van der Waals surface area (Å²) in [5.41, 5.74) is 0.0614. The Morgan fingerprint density at radius 2 is 2.05 bits per heavy atom. The van der Waals surface area contributed by atoms with E-state index in [-0.39, 0.29) is 17.5 Å². The van der Waals surface area contributed by atoms with E-state index in [4.69, 9.17) is 5.11 Å². The lowest BCUT2D eigenvalue weighted by Crippen LogP contribution is -2.19. The Bertz CT molecular complexity index is 503. The molecular weight excluding hydrogens is 274 g/mol. The first-order chi connectivity index (χ1) is 9.84. The smallest absolute Gasteiger partial charge is 0.358 e. The van der Waals surface area contributed by atoms with Crippen molar-refractivity contribution < 1.29 is 19.4 Å². The molecule has 0 fully saturated rings. The molecule has 0 unspecified atom stereocenters. The van der Waals surface area contributed by atoms with E-state index >= 15 is 0 Å². The molecule has 0 spiro atoms. The maximum absolute atomic E-state index is 11.3. The summed E-state index contributed by atoms with van der Waals surface area (Å²) < 4.78 is 4.58. The number of methoxy groups -OCH3 is 1. The van der Waals surface area contributed by atoms with Crippen molar-refractivity contribution in [1.29, 1.82) is 0 Å². The minimum absolute atomic E-state index is 0.0845. The first-order valence-corrected chi connectivity index (χ1v) is 6.70. The SMILES string of the molecule is COC(=O)c1cncc(NCCC(C)(C)CCC(=O)O)n1. The van der Waals surface area contributed by atoms with Crippen LogP contribution >= 0.6 is 0 Å². The van der Waals surface area contributed by atoms with Gasteiger partial charge < -0.3 is 15.2 Å². The molecule has 1 aromatic heterocycles. The number of hydrogen-bond acceptors (Lipinski definition) is 6. The van der Waals surface area contributed by atoms with E-state index in [1.165, 1.54) is 19.5 Å². The topological polar surface area (TPSA) is 101 Å². The first-order valence-electron chi connectivity index (χ1n) is 6.70. The van der Waals surface area contributed by atoms with Crippen molar-refractivity contribution in [3.63, 3.8) is 0 Å². The third-order valence-electron chi connectivity index (χ3n) is 3.15. The van der Waals surface area contributed by atoms with Crippen LogP contribution in [-0.2, 0) is 9.53 Å². The van der Waals surface area contributed by atoms with E-state index in [0.717, 1.165) is 6.42 Å². The molecule has 0 radical (unpaired) electrons. The molecule has 0 aliphatic carbocycles. The molecule has 1 heterocycles. The molecule has 116 valence electrons. The van der Waals surface area contributed by atoms with Gasteiger partial charge in [-0.25, -0.2) is 9.78 Å². The zero-order chi connectivity index (χ0) is 15.9. The minimum atomic E-state index is -0.785. The lowest BCUT2D eigenvalue weighted by atomic mass is 9.84. The highest BCUT2D eigenvalue weighted by Gasteiger charge is 2.19. The van der Waals surface area contributed by atoms with Gasteiger partial charge in [-0.1, -0.05) is 13.8 Å². The number of carbonyl (C=O) groups is 2. The number of rotatable bonds is 8. The third kappa shape index (κ3) is 6.20. The number of aliphatic carboxylic acids is 1. The Labute approximate surface area is 123 Å². The Kier molecular flexibility index (Phi) is 6.08.